The van der Waals surface area contributed by atoms with Crippen molar-refractivity contribution in [2.24, 2.45) is 5.73 Å². The molecule has 3 heteroatoms. The van der Waals surface area contributed by atoms with E-state index in [2.05, 4.69) is 36.2 Å². The van der Waals surface area contributed by atoms with Crippen molar-refractivity contribution < 1.29 is 0 Å². The molecule has 0 radical (unpaired) electrons. The summed E-state index contributed by atoms with van der Waals surface area (Å²) in [5, 5.41) is 0.768. The molecule has 0 aliphatic carbocycles. The van der Waals surface area contributed by atoms with Crippen LogP contribution >= 0.6 is 11.6 Å². The third kappa shape index (κ3) is 3.80. The summed E-state index contributed by atoms with van der Waals surface area (Å²) in [6, 6.07) is 18.5. The number of hydrogen-bond donors (Lipinski definition) is 1. The van der Waals surface area contributed by atoms with E-state index in [1.165, 1.54) is 11.1 Å². The van der Waals surface area contributed by atoms with Crippen LogP contribution in [0.1, 0.15) is 17.2 Å². The number of hydrogen-bond acceptors (Lipinski definition) is 2. The fourth-order valence-electron chi connectivity index (χ4n) is 2.23. The summed E-state index contributed by atoms with van der Waals surface area (Å²) in [4.78, 5) is 2.26. The molecule has 1 unspecified atom stereocenters. The average Bonchev–Trinajstić information content (AvgIpc) is 2.43. The lowest BCUT2D eigenvalue weighted by atomic mass is 10.1. The van der Waals surface area contributed by atoms with E-state index in [0.29, 0.717) is 6.54 Å². The van der Waals surface area contributed by atoms with E-state index < -0.39 is 0 Å². The summed E-state index contributed by atoms with van der Waals surface area (Å²) >= 11 is 5.90. The highest BCUT2D eigenvalue weighted by Crippen LogP contribution is 2.20. The Kier molecular flexibility index (Phi) is 4.97. The van der Waals surface area contributed by atoms with Crippen molar-refractivity contribution in [3.05, 3.63) is 70.7 Å². The highest BCUT2D eigenvalue weighted by molar-refractivity contribution is 6.30. The average molecular weight is 275 g/mol. The normalized spacial score (nSPS) is 12.6. The molecule has 0 aliphatic heterocycles. The standard InChI is InChI=1S/C16H19ClN2/c1-19(12-13-7-9-15(17)10-8-13)16(11-18)14-5-3-2-4-6-14/h2-10,16H,11-12,18H2,1H3. The maximum Gasteiger partial charge on any atom is 0.0470 e. The van der Waals surface area contributed by atoms with Gasteiger partial charge in [-0.2, -0.15) is 0 Å². The Morgan fingerprint density at radius 1 is 1.05 bits per heavy atom. The minimum absolute atomic E-state index is 0.233. The van der Waals surface area contributed by atoms with E-state index in [9.17, 15) is 0 Å². The summed E-state index contributed by atoms with van der Waals surface area (Å²) < 4.78 is 0. The van der Waals surface area contributed by atoms with E-state index >= 15 is 0 Å². The summed E-state index contributed by atoms with van der Waals surface area (Å²) in [5.41, 5.74) is 8.41. The zero-order chi connectivity index (χ0) is 13.7. The molecule has 0 spiro atoms. The topological polar surface area (TPSA) is 29.3 Å². The van der Waals surface area contributed by atoms with Crippen molar-refractivity contribution in [1.82, 2.24) is 4.90 Å². The SMILES string of the molecule is CN(Cc1ccc(Cl)cc1)C(CN)c1ccccc1. The number of nitrogens with two attached hydrogens (primary N) is 1. The van der Waals surface area contributed by atoms with Gasteiger partial charge in [-0.1, -0.05) is 54.1 Å². The Morgan fingerprint density at radius 3 is 2.26 bits per heavy atom. The minimum Gasteiger partial charge on any atom is -0.329 e. The molecule has 2 aromatic carbocycles. The van der Waals surface area contributed by atoms with Crippen LogP contribution in [0.25, 0.3) is 0 Å². The molecule has 0 heterocycles. The molecular weight excluding hydrogens is 256 g/mol. The zero-order valence-corrected chi connectivity index (χ0v) is 11.8. The molecule has 0 saturated heterocycles. The molecule has 2 N–H and O–H groups in total. The first-order valence-corrected chi connectivity index (χ1v) is 6.78. The molecule has 0 fully saturated rings. The van der Waals surface area contributed by atoms with Gasteiger partial charge in [-0.25, -0.2) is 0 Å². The van der Waals surface area contributed by atoms with Crippen molar-refractivity contribution in [3.63, 3.8) is 0 Å². The summed E-state index contributed by atoms with van der Waals surface area (Å²) in [5.74, 6) is 0. The molecule has 2 rings (SSSR count). The highest BCUT2D eigenvalue weighted by Gasteiger charge is 2.15. The van der Waals surface area contributed by atoms with Crippen LogP contribution in [-0.4, -0.2) is 18.5 Å². The predicted molar refractivity (Wildman–Crippen MR) is 81.2 cm³/mol. The van der Waals surface area contributed by atoms with Crippen LogP contribution in [0.3, 0.4) is 0 Å². The Morgan fingerprint density at radius 2 is 1.68 bits per heavy atom. The number of likely N-dealkylation sites (N-methyl/N-ethyl adjacent to an activating group) is 1. The van der Waals surface area contributed by atoms with Gasteiger partial charge in [-0.05, 0) is 30.3 Å². The van der Waals surface area contributed by atoms with Crippen LogP contribution in [0.15, 0.2) is 54.6 Å². The first-order chi connectivity index (χ1) is 9.20. The molecule has 100 valence electrons. The Hall–Kier alpha value is -1.35. The van der Waals surface area contributed by atoms with Crippen LogP contribution in [0.5, 0.6) is 0 Å². The molecule has 0 bridgehead atoms. The molecule has 0 saturated carbocycles. The van der Waals surface area contributed by atoms with E-state index in [1.54, 1.807) is 0 Å². The fraction of sp³-hybridized carbons (Fsp3) is 0.250. The van der Waals surface area contributed by atoms with Crippen molar-refractivity contribution in [2.45, 2.75) is 12.6 Å². The van der Waals surface area contributed by atoms with Gasteiger partial charge in [0, 0.05) is 24.2 Å². The maximum absolute atomic E-state index is 5.92. The molecule has 2 aromatic rings. The summed E-state index contributed by atoms with van der Waals surface area (Å²) in [6.45, 7) is 1.46. The van der Waals surface area contributed by atoms with Crippen molar-refractivity contribution in [2.75, 3.05) is 13.6 Å². The fourth-order valence-corrected chi connectivity index (χ4v) is 2.36. The maximum atomic E-state index is 5.92. The molecular formula is C16H19ClN2. The lowest BCUT2D eigenvalue weighted by molar-refractivity contribution is 0.242. The van der Waals surface area contributed by atoms with Gasteiger partial charge in [0.05, 0.1) is 0 Å². The minimum atomic E-state index is 0.233. The van der Waals surface area contributed by atoms with Crippen LogP contribution < -0.4 is 5.73 Å². The van der Waals surface area contributed by atoms with Crippen molar-refractivity contribution >= 4 is 11.6 Å². The van der Waals surface area contributed by atoms with Crippen molar-refractivity contribution in [3.8, 4) is 0 Å². The molecule has 19 heavy (non-hydrogen) atoms. The Bertz CT molecular complexity index is 496. The van der Waals surface area contributed by atoms with Crippen LogP contribution in [0, 0.1) is 0 Å². The molecule has 2 nitrogen and oxygen atoms in total. The van der Waals surface area contributed by atoms with Gasteiger partial charge in [0.25, 0.3) is 0 Å². The molecule has 1 atom stereocenters. The molecule has 0 amide bonds. The summed E-state index contributed by atoms with van der Waals surface area (Å²) in [7, 11) is 2.10. The van der Waals surface area contributed by atoms with E-state index in [1.807, 2.05) is 30.3 Å². The first-order valence-electron chi connectivity index (χ1n) is 6.40. The molecule has 0 aliphatic rings. The van der Waals surface area contributed by atoms with Crippen LogP contribution in [0.2, 0.25) is 5.02 Å². The van der Waals surface area contributed by atoms with E-state index in [0.717, 1.165) is 11.6 Å². The largest absolute Gasteiger partial charge is 0.329 e. The van der Waals surface area contributed by atoms with Crippen LogP contribution in [-0.2, 0) is 6.54 Å². The Labute approximate surface area is 119 Å². The van der Waals surface area contributed by atoms with Gasteiger partial charge in [-0.3, -0.25) is 4.90 Å². The smallest absolute Gasteiger partial charge is 0.0470 e. The number of halogens is 1. The zero-order valence-electron chi connectivity index (χ0n) is 11.1. The Balaban J connectivity index is 2.09. The van der Waals surface area contributed by atoms with Gasteiger partial charge >= 0.3 is 0 Å². The lowest BCUT2D eigenvalue weighted by Gasteiger charge is -2.27. The van der Waals surface area contributed by atoms with E-state index in [4.69, 9.17) is 17.3 Å². The quantitative estimate of drug-likeness (QED) is 0.905. The second-order valence-corrected chi connectivity index (χ2v) is 5.14. The second kappa shape index (κ2) is 6.71. The highest BCUT2D eigenvalue weighted by atomic mass is 35.5. The van der Waals surface area contributed by atoms with Gasteiger partial charge in [0.1, 0.15) is 0 Å². The lowest BCUT2D eigenvalue weighted by Crippen LogP contribution is -2.30. The number of benzene rings is 2. The van der Waals surface area contributed by atoms with Gasteiger partial charge in [0.2, 0.25) is 0 Å². The van der Waals surface area contributed by atoms with Gasteiger partial charge in [-0.15, -0.1) is 0 Å². The predicted octanol–water partition coefficient (Wildman–Crippen LogP) is 3.47. The van der Waals surface area contributed by atoms with Gasteiger partial charge < -0.3 is 5.73 Å². The van der Waals surface area contributed by atoms with E-state index in [-0.39, 0.29) is 6.04 Å². The first kappa shape index (κ1) is 14.1. The number of nitrogens with zero attached hydrogens (tertiary/aromatic N) is 1. The summed E-state index contributed by atoms with van der Waals surface area (Å²) in [6.07, 6.45) is 0. The molecule has 0 aromatic heterocycles. The third-order valence-corrected chi connectivity index (χ3v) is 3.54. The monoisotopic (exact) mass is 274 g/mol. The van der Waals surface area contributed by atoms with Gasteiger partial charge in [0.15, 0.2) is 0 Å². The van der Waals surface area contributed by atoms with Crippen LogP contribution in [0.4, 0.5) is 0 Å². The number of rotatable bonds is 5. The second-order valence-electron chi connectivity index (χ2n) is 4.70. The van der Waals surface area contributed by atoms with Crippen molar-refractivity contribution in [1.29, 1.82) is 0 Å². The third-order valence-electron chi connectivity index (χ3n) is 3.28.